The summed E-state index contributed by atoms with van der Waals surface area (Å²) in [6, 6.07) is 4.85. The fourth-order valence-corrected chi connectivity index (χ4v) is 7.72. The van der Waals surface area contributed by atoms with Gasteiger partial charge in [-0.15, -0.1) is 0 Å². The normalized spacial score (nSPS) is 14.9. The Labute approximate surface area is 344 Å². The van der Waals surface area contributed by atoms with Gasteiger partial charge < -0.3 is 35.6 Å². The molecule has 0 fully saturated rings. The molecule has 0 saturated carbocycles. The van der Waals surface area contributed by atoms with Gasteiger partial charge in [0.1, 0.15) is 30.2 Å². The average Bonchev–Trinajstić information content (AvgIpc) is 3.11. The Morgan fingerprint density at radius 3 is 1.33 bits per heavy atom. The maximum Gasteiger partial charge on any atom is 0.246 e. The van der Waals surface area contributed by atoms with E-state index < -0.39 is 54.0 Å². The van der Waals surface area contributed by atoms with Gasteiger partial charge in [0.2, 0.25) is 35.4 Å². The minimum absolute atomic E-state index is 0.207. The summed E-state index contributed by atoms with van der Waals surface area (Å²) in [7, 11) is 8.05. The zero-order chi connectivity index (χ0) is 44.1. The standard InChI is InChI=1S/C44H77N7O6/c1-26(2)25-33(45-13)41(54)48(14)36(29(7)8)40(53)47-34(27(3)4)42(55)50(16)37(30(9)10)44(57)51(17)38(31(11)12)43(56)49(15)35(28(5)6)39(52)46-24-23-32-21-19-18-20-22-32/h18-22,26-31,33-38,45H,23-25H2,1-17H3,(H,46,52)(H,47,53)/t33-,34-,35-,36-,37-,38-/m1/s1. The molecule has 13 heteroatoms. The van der Waals surface area contributed by atoms with Crippen molar-refractivity contribution in [3.05, 3.63) is 35.9 Å². The van der Waals surface area contributed by atoms with E-state index in [2.05, 4.69) is 16.0 Å². The lowest BCUT2D eigenvalue weighted by molar-refractivity contribution is -0.155. The maximum atomic E-state index is 14.5. The van der Waals surface area contributed by atoms with E-state index in [1.807, 2.05) is 113 Å². The average molecular weight is 800 g/mol. The summed E-state index contributed by atoms with van der Waals surface area (Å²) in [6.45, 7) is 23.0. The first-order valence-corrected chi connectivity index (χ1v) is 20.8. The molecule has 1 rings (SSSR count). The van der Waals surface area contributed by atoms with Gasteiger partial charge in [0.15, 0.2) is 0 Å². The van der Waals surface area contributed by atoms with Crippen LogP contribution < -0.4 is 16.0 Å². The zero-order valence-corrected chi connectivity index (χ0v) is 38.2. The van der Waals surface area contributed by atoms with Crippen molar-refractivity contribution in [3.8, 4) is 0 Å². The first-order chi connectivity index (χ1) is 26.4. The SMILES string of the molecule is CN[C@H](CC(C)C)C(=O)N(C)[C@@H](C(=O)N[C@@H](C(=O)N(C)[C@@H](C(=O)N(C)[C@@H](C(=O)N(C)[C@@H](C(=O)NCCc1ccccc1)C(C)C)C(C)C)C(C)C)C(C)C)C(C)C. The van der Waals surface area contributed by atoms with Crippen LogP contribution in [0.1, 0.15) is 95.1 Å². The Kier molecular flexibility index (Phi) is 21.0. The van der Waals surface area contributed by atoms with E-state index in [9.17, 15) is 28.8 Å². The van der Waals surface area contributed by atoms with Crippen LogP contribution >= 0.6 is 0 Å². The van der Waals surface area contributed by atoms with E-state index in [0.717, 1.165) is 5.56 Å². The maximum absolute atomic E-state index is 14.5. The van der Waals surface area contributed by atoms with E-state index in [4.69, 9.17) is 0 Å². The minimum Gasteiger partial charge on any atom is -0.354 e. The van der Waals surface area contributed by atoms with Gasteiger partial charge in [-0.1, -0.05) is 113 Å². The highest BCUT2D eigenvalue weighted by Gasteiger charge is 2.43. The van der Waals surface area contributed by atoms with E-state index in [0.29, 0.717) is 19.4 Å². The Bertz CT molecular complexity index is 1460. The smallest absolute Gasteiger partial charge is 0.246 e. The van der Waals surface area contributed by atoms with Crippen molar-refractivity contribution >= 4 is 35.4 Å². The molecule has 0 aliphatic heterocycles. The number of benzene rings is 1. The second-order valence-electron chi connectivity index (χ2n) is 17.8. The quantitative estimate of drug-likeness (QED) is 0.160. The molecule has 0 bridgehead atoms. The second kappa shape index (κ2) is 23.4. The van der Waals surface area contributed by atoms with Crippen LogP contribution in [-0.2, 0) is 35.2 Å². The van der Waals surface area contributed by atoms with Crippen molar-refractivity contribution in [1.29, 1.82) is 0 Å². The van der Waals surface area contributed by atoms with Crippen molar-refractivity contribution in [2.45, 2.75) is 132 Å². The van der Waals surface area contributed by atoms with Crippen molar-refractivity contribution < 1.29 is 28.8 Å². The third-order valence-corrected chi connectivity index (χ3v) is 10.8. The lowest BCUT2D eigenvalue weighted by Crippen LogP contribution is -2.63. The molecule has 3 N–H and O–H groups in total. The Balaban J connectivity index is 3.35. The predicted molar refractivity (Wildman–Crippen MR) is 228 cm³/mol. The van der Waals surface area contributed by atoms with Gasteiger partial charge in [0.25, 0.3) is 0 Å². The second-order valence-corrected chi connectivity index (χ2v) is 17.8. The lowest BCUT2D eigenvalue weighted by atomic mass is 9.94. The molecule has 13 nitrogen and oxygen atoms in total. The van der Waals surface area contributed by atoms with E-state index in [1.54, 1.807) is 35.2 Å². The molecule has 0 radical (unpaired) electrons. The number of rotatable bonds is 22. The fraction of sp³-hybridized carbons (Fsp3) is 0.727. The fourth-order valence-electron chi connectivity index (χ4n) is 7.72. The minimum atomic E-state index is -0.997. The molecular formula is C44H77N7O6. The van der Waals surface area contributed by atoms with Crippen LogP contribution in [0.15, 0.2) is 30.3 Å². The molecular weight excluding hydrogens is 723 g/mol. The number of likely N-dealkylation sites (N-methyl/N-ethyl adjacent to an activating group) is 5. The Hall–Kier alpha value is -4.00. The van der Waals surface area contributed by atoms with Crippen LogP contribution in [0.2, 0.25) is 0 Å². The first-order valence-electron chi connectivity index (χ1n) is 20.8. The van der Waals surface area contributed by atoms with Crippen LogP contribution in [0.25, 0.3) is 0 Å². The third-order valence-electron chi connectivity index (χ3n) is 10.8. The van der Waals surface area contributed by atoms with Crippen molar-refractivity contribution in [2.75, 3.05) is 41.8 Å². The lowest BCUT2D eigenvalue weighted by Gasteiger charge is -2.41. The molecule has 57 heavy (non-hydrogen) atoms. The van der Waals surface area contributed by atoms with Crippen molar-refractivity contribution in [1.82, 2.24) is 35.6 Å². The number of hydrogen-bond donors (Lipinski definition) is 3. The third kappa shape index (κ3) is 14.1. The molecule has 0 aromatic heterocycles. The first kappa shape index (κ1) is 51.0. The highest BCUT2D eigenvalue weighted by atomic mass is 16.2. The van der Waals surface area contributed by atoms with Crippen LogP contribution in [0.3, 0.4) is 0 Å². The topological polar surface area (TPSA) is 151 Å². The van der Waals surface area contributed by atoms with Crippen LogP contribution in [0.5, 0.6) is 0 Å². The van der Waals surface area contributed by atoms with Crippen molar-refractivity contribution in [3.63, 3.8) is 0 Å². The summed E-state index contributed by atoms with van der Waals surface area (Å²) in [4.78, 5) is 89.9. The summed E-state index contributed by atoms with van der Waals surface area (Å²) < 4.78 is 0. The van der Waals surface area contributed by atoms with Crippen LogP contribution in [-0.4, -0.2) is 133 Å². The van der Waals surface area contributed by atoms with Gasteiger partial charge in [-0.25, -0.2) is 0 Å². The number of carbonyl (C=O) groups excluding carboxylic acids is 6. The number of carbonyl (C=O) groups is 6. The van der Waals surface area contributed by atoms with Gasteiger partial charge >= 0.3 is 0 Å². The largest absolute Gasteiger partial charge is 0.354 e. The van der Waals surface area contributed by atoms with Gasteiger partial charge in [-0.3, -0.25) is 28.8 Å². The van der Waals surface area contributed by atoms with Gasteiger partial charge in [0.05, 0.1) is 6.04 Å². The summed E-state index contributed by atoms with van der Waals surface area (Å²) in [5.74, 6) is -3.45. The highest BCUT2D eigenvalue weighted by molar-refractivity contribution is 5.97. The number of amides is 6. The number of hydrogen-bond acceptors (Lipinski definition) is 7. The van der Waals surface area contributed by atoms with E-state index >= 15 is 0 Å². The molecule has 1 aromatic rings. The summed E-state index contributed by atoms with van der Waals surface area (Å²) in [5.41, 5.74) is 1.09. The molecule has 0 heterocycles. The number of nitrogens with one attached hydrogen (secondary N) is 3. The Morgan fingerprint density at radius 2 is 0.930 bits per heavy atom. The van der Waals surface area contributed by atoms with Gasteiger partial charge in [0, 0.05) is 34.7 Å². The molecule has 0 aliphatic carbocycles. The molecule has 0 spiro atoms. The summed E-state index contributed by atoms with van der Waals surface area (Å²) in [5, 5.41) is 9.00. The monoisotopic (exact) mass is 800 g/mol. The number of nitrogens with zero attached hydrogens (tertiary/aromatic N) is 4. The highest BCUT2D eigenvalue weighted by Crippen LogP contribution is 2.23. The van der Waals surface area contributed by atoms with E-state index in [1.165, 1.54) is 19.6 Å². The molecule has 6 atom stereocenters. The van der Waals surface area contributed by atoms with Crippen LogP contribution in [0.4, 0.5) is 0 Å². The molecule has 0 unspecified atom stereocenters. The molecule has 0 saturated heterocycles. The zero-order valence-electron chi connectivity index (χ0n) is 38.2. The molecule has 6 amide bonds. The van der Waals surface area contributed by atoms with Crippen LogP contribution in [0, 0.1) is 35.5 Å². The molecule has 1 aromatic carbocycles. The molecule has 0 aliphatic rings. The van der Waals surface area contributed by atoms with E-state index in [-0.39, 0.29) is 53.2 Å². The van der Waals surface area contributed by atoms with Crippen molar-refractivity contribution in [2.24, 2.45) is 35.5 Å². The molecule has 324 valence electrons. The van der Waals surface area contributed by atoms with Gasteiger partial charge in [-0.2, -0.15) is 0 Å². The summed E-state index contributed by atoms with van der Waals surface area (Å²) >= 11 is 0. The summed E-state index contributed by atoms with van der Waals surface area (Å²) in [6.07, 6.45) is 1.25. The Morgan fingerprint density at radius 1 is 0.526 bits per heavy atom. The van der Waals surface area contributed by atoms with Gasteiger partial charge in [-0.05, 0) is 61.0 Å². The predicted octanol–water partition coefficient (Wildman–Crippen LogP) is 4.05.